The van der Waals surface area contributed by atoms with Gasteiger partial charge in [0.05, 0.1) is 24.4 Å². The van der Waals surface area contributed by atoms with Crippen LogP contribution in [0.5, 0.6) is 0 Å². The zero-order valence-electron chi connectivity index (χ0n) is 22.4. The second-order valence-corrected chi connectivity index (χ2v) is 15.3. The summed E-state index contributed by atoms with van der Waals surface area (Å²) in [5.41, 5.74) is 0.901. The molecular weight excluding hydrogens is 424 g/mol. The van der Waals surface area contributed by atoms with E-state index in [1.54, 1.807) is 5.57 Å². The van der Waals surface area contributed by atoms with Gasteiger partial charge in [0, 0.05) is 16.7 Å². The van der Waals surface area contributed by atoms with E-state index in [2.05, 4.69) is 54.5 Å². The Hall–Kier alpha value is -0.710. The molecule has 5 aliphatic carbocycles. The van der Waals surface area contributed by atoms with Crippen LogP contribution in [0, 0.1) is 50.2 Å². The first kappa shape index (κ1) is 23.7. The molecule has 0 aromatic heterocycles. The number of rotatable bonds is 1. The van der Waals surface area contributed by atoms with Crippen molar-refractivity contribution in [1.29, 1.82) is 0 Å². The summed E-state index contributed by atoms with van der Waals surface area (Å²) in [4.78, 5) is 12.7. The van der Waals surface area contributed by atoms with E-state index in [0.29, 0.717) is 18.3 Å². The van der Waals surface area contributed by atoms with Crippen molar-refractivity contribution in [3.05, 3.63) is 11.6 Å². The first-order chi connectivity index (χ1) is 15.7. The van der Waals surface area contributed by atoms with E-state index in [4.69, 9.17) is 4.74 Å². The highest BCUT2D eigenvalue weighted by Gasteiger charge is 2.77. The number of carbonyl (C=O) groups excluding carboxylic acids is 1. The largest absolute Gasteiger partial charge is 0.393 e. The molecule has 0 aromatic carbocycles. The van der Waals surface area contributed by atoms with E-state index >= 15 is 0 Å². The second-order valence-electron chi connectivity index (χ2n) is 15.3. The third-order valence-electron chi connectivity index (χ3n) is 13.0. The molecule has 0 unspecified atom stereocenters. The molecule has 4 heteroatoms. The molecule has 4 saturated carbocycles. The van der Waals surface area contributed by atoms with E-state index in [1.165, 1.54) is 6.29 Å². The molecule has 5 fully saturated rings. The van der Waals surface area contributed by atoms with Crippen molar-refractivity contribution >= 4 is 6.29 Å². The summed E-state index contributed by atoms with van der Waals surface area (Å²) >= 11 is 0. The highest BCUT2D eigenvalue weighted by atomic mass is 16.6. The van der Waals surface area contributed by atoms with Crippen molar-refractivity contribution in [2.45, 2.75) is 118 Å². The van der Waals surface area contributed by atoms with Crippen LogP contribution in [0.2, 0.25) is 0 Å². The lowest BCUT2D eigenvalue weighted by Gasteiger charge is -2.69. The monoisotopic (exact) mass is 470 g/mol. The van der Waals surface area contributed by atoms with Gasteiger partial charge in [0.25, 0.3) is 0 Å². The van der Waals surface area contributed by atoms with Gasteiger partial charge in [-0.1, -0.05) is 60.1 Å². The Kier molecular flexibility index (Phi) is 4.58. The van der Waals surface area contributed by atoms with Crippen LogP contribution >= 0.6 is 0 Å². The van der Waals surface area contributed by atoms with Gasteiger partial charge in [0.1, 0.15) is 6.29 Å². The lowest BCUT2D eigenvalue weighted by atomic mass is 9.34. The van der Waals surface area contributed by atoms with E-state index in [0.717, 1.165) is 38.5 Å². The van der Waals surface area contributed by atoms with Gasteiger partial charge in [-0.3, -0.25) is 0 Å². The van der Waals surface area contributed by atoms with Crippen LogP contribution < -0.4 is 0 Å². The molecule has 6 aliphatic rings. The van der Waals surface area contributed by atoms with Gasteiger partial charge in [0.15, 0.2) is 0 Å². The predicted molar refractivity (Wildman–Crippen MR) is 132 cm³/mol. The number of ether oxygens (including phenoxy) is 1. The molecule has 0 bridgehead atoms. The minimum atomic E-state index is -0.446. The lowest BCUT2D eigenvalue weighted by molar-refractivity contribution is -0.178. The van der Waals surface area contributed by atoms with E-state index < -0.39 is 11.5 Å². The third kappa shape index (κ3) is 2.54. The van der Waals surface area contributed by atoms with Crippen LogP contribution in [0.3, 0.4) is 0 Å². The molecule has 0 radical (unpaired) electrons. The normalized spacial score (nSPS) is 58.7. The van der Waals surface area contributed by atoms with E-state index in [1.807, 2.05) is 0 Å². The smallest absolute Gasteiger partial charge is 0.126 e. The Morgan fingerprint density at radius 3 is 2.32 bits per heavy atom. The second kappa shape index (κ2) is 6.58. The number of epoxide rings is 1. The molecule has 1 saturated heterocycles. The molecule has 0 aromatic rings. The number of aliphatic hydroxyl groups is 2. The summed E-state index contributed by atoms with van der Waals surface area (Å²) in [6.07, 6.45) is 9.85. The maximum Gasteiger partial charge on any atom is 0.126 e. The van der Waals surface area contributed by atoms with Crippen molar-refractivity contribution < 1.29 is 19.7 Å². The average Bonchev–Trinajstić information content (AvgIpc) is 3.53. The lowest BCUT2D eigenvalue weighted by Crippen LogP contribution is -2.66. The Labute approximate surface area is 205 Å². The highest BCUT2D eigenvalue weighted by Crippen LogP contribution is 2.78. The maximum absolute atomic E-state index is 12.7. The molecule has 11 atom stereocenters. The van der Waals surface area contributed by atoms with Gasteiger partial charge in [0.2, 0.25) is 0 Å². The molecule has 1 aliphatic heterocycles. The first-order valence-electron chi connectivity index (χ1n) is 13.9. The first-order valence-corrected chi connectivity index (χ1v) is 13.9. The number of aliphatic hydroxyl groups excluding tert-OH is 2. The molecule has 0 spiro atoms. The zero-order chi connectivity index (χ0) is 24.7. The number of carbonyl (C=O) groups is 1. The number of hydrogen-bond acceptors (Lipinski definition) is 4. The minimum Gasteiger partial charge on any atom is -0.393 e. The van der Waals surface area contributed by atoms with Crippen LogP contribution in [0.15, 0.2) is 11.6 Å². The molecule has 1 heterocycles. The number of hydrogen-bond donors (Lipinski definition) is 2. The fraction of sp³-hybridized carbons (Fsp3) is 0.900. The van der Waals surface area contributed by atoms with E-state index in [9.17, 15) is 15.0 Å². The van der Waals surface area contributed by atoms with Gasteiger partial charge in [-0.05, 0) is 78.4 Å². The summed E-state index contributed by atoms with van der Waals surface area (Å²) < 4.78 is 6.65. The van der Waals surface area contributed by atoms with E-state index in [-0.39, 0.29) is 51.3 Å². The van der Waals surface area contributed by atoms with Crippen LogP contribution in [0.25, 0.3) is 0 Å². The Morgan fingerprint density at radius 1 is 0.941 bits per heavy atom. The van der Waals surface area contributed by atoms with Crippen molar-refractivity contribution in [3.63, 3.8) is 0 Å². The van der Waals surface area contributed by atoms with Gasteiger partial charge in [-0.25, -0.2) is 0 Å². The molecule has 4 nitrogen and oxygen atoms in total. The SMILES string of the molecule is CC1(C)C[C@@H]2[C@@](C=O)(CC=C3[C@]4(C)[C@@H]5O[C@@H]5[C@H]5C(C)(C)[C@H](O)CC[C@]5(C)[C@H]4CC[C@]32C)C[C@@H]1O. The topological polar surface area (TPSA) is 70.1 Å². The number of aldehydes is 1. The summed E-state index contributed by atoms with van der Waals surface area (Å²) in [6.45, 7) is 16.3. The van der Waals surface area contributed by atoms with Crippen molar-refractivity contribution in [3.8, 4) is 0 Å². The molecule has 2 N–H and O–H groups in total. The summed E-state index contributed by atoms with van der Waals surface area (Å²) in [5, 5.41) is 21.9. The van der Waals surface area contributed by atoms with Crippen molar-refractivity contribution in [2.24, 2.45) is 50.2 Å². The third-order valence-corrected chi connectivity index (χ3v) is 13.0. The average molecular weight is 471 g/mol. The summed E-state index contributed by atoms with van der Waals surface area (Å²) in [7, 11) is 0. The van der Waals surface area contributed by atoms with Crippen LogP contribution in [0.4, 0.5) is 0 Å². The summed E-state index contributed by atoms with van der Waals surface area (Å²) in [5.74, 6) is 1.19. The number of fused-ring (bicyclic) bond motifs is 10. The highest BCUT2D eigenvalue weighted by molar-refractivity contribution is 5.63. The Bertz CT molecular complexity index is 951. The standard InChI is InChI=1S/C30H46O4/c1-25(2)14-19-27(5)11-8-18-28(6)12-10-20(32)26(3,4)23(28)22-24(34-22)29(18,7)17(27)9-13-30(19,16-31)15-21(25)33/h9,16,18-24,32-33H,8,10-15H2,1-7H3/t18-,19+,20-,21+,22-,23+,24-,27-,28-,29+,30+/m1/s1. The maximum atomic E-state index is 12.7. The Balaban J connectivity index is 1.46. The fourth-order valence-electron chi connectivity index (χ4n) is 11.1. The molecule has 34 heavy (non-hydrogen) atoms. The van der Waals surface area contributed by atoms with Crippen molar-refractivity contribution in [2.75, 3.05) is 0 Å². The predicted octanol–water partition coefficient (Wildman–Crippen LogP) is 5.31. The van der Waals surface area contributed by atoms with Gasteiger partial charge >= 0.3 is 0 Å². The fourth-order valence-corrected chi connectivity index (χ4v) is 11.1. The van der Waals surface area contributed by atoms with Crippen LogP contribution in [0.1, 0.15) is 93.4 Å². The Morgan fingerprint density at radius 2 is 1.65 bits per heavy atom. The molecular formula is C30H46O4. The molecule has 190 valence electrons. The van der Waals surface area contributed by atoms with Crippen LogP contribution in [-0.4, -0.2) is 40.9 Å². The minimum absolute atomic E-state index is 0.0173. The number of allylic oxidation sites excluding steroid dienone is 1. The van der Waals surface area contributed by atoms with Gasteiger partial charge < -0.3 is 19.7 Å². The van der Waals surface area contributed by atoms with Crippen LogP contribution in [-0.2, 0) is 9.53 Å². The van der Waals surface area contributed by atoms with Gasteiger partial charge in [-0.2, -0.15) is 0 Å². The quantitative estimate of drug-likeness (QED) is 0.310. The molecule has 0 amide bonds. The van der Waals surface area contributed by atoms with Crippen molar-refractivity contribution in [1.82, 2.24) is 0 Å². The summed E-state index contributed by atoms with van der Waals surface area (Å²) in [6, 6.07) is 0. The zero-order valence-corrected chi connectivity index (χ0v) is 22.4. The van der Waals surface area contributed by atoms with Gasteiger partial charge in [-0.15, -0.1) is 0 Å². The molecule has 6 rings (SSSR count).